The average Bonchev–Trinajstić information content (AvgIpc) is 3.21. The first kappa shape index (κ1) is 15.8. The molecule has 0 radical (unpaired) electrons. The second-order valence-corrected chi connectivity index (χ2v) is 7.15. The molecule has 2 fully saturated rings. The summed E-state index contributed by atoms with van der Waals surface area (Å²) in [7, 11) is 0. The summed E-state index contributed by atoms with van der Waals surface area (Å²) in [5.41, 5.74) is -0.337. The zero-order valence-electron chi connectivity index (χ0n) is 13.4. The Bertz CT molecular complexity index is 337. The van der Waals surface area contributed by atoms with Crippen LogP contribution in [-0.4, -0.2) is 60.6 Å². The van der Waals surface area contributed by atoms with Crippen LogP contribution in [-0.2, 0) is 0 Å². The number of nitrogens with one attached hydrogen (secondary N) is 1. The molecule has 114 valence electrons. The Labute approximate surface area is 124 Å². The zero-order chi connectivity index (χ0) is 14.6. The van der Waals surface area contributed by atoms with Crippen LogP contribution < -0.4 is 5.32 Å². The molecule has 1 saturated heterocycles. The highest BCUT2D eigenvalue weighted by atomic mass is 15.3. The SMILES string of the molecule is CC(C)CN1CCN(CCC(C)(C#N)NC2CC2)CC1. The molecule has 0 aromatic rings. The van der Waals surface area contributed by atoms with E-state index in [4.69, 9.17) is 0 Å². The van der Waals surface area contributed by atoms with E-state index in [9.17, 15) is 5.26 Å². The highest BCUT2D eigenvalue weighted by Gasteiger charge is 2.32. The predicted molar refractivity (Wildman–Crippen MR) is 82.5 cm³/mol. The molecule has 0 bridgehead atoms. The molecule has 0 aromatic carbocycles. The van der Waals surface area contributed by atoms with Gasteiger partial charge in [-0.15, -0.1) is 0 Å². The molecule has 1 aliphatic heterocycles. The van der Waals surface area contributed by atoms with E-state index in [-0.39, 0.29) is 5.54 Å². The first-order valence-electron chi connectivity index (χ1n) is 8.14. The second kappa shape index (κ2) is 6.89. The van der Waals surface area contributed by atoms with Crippen LogP contribution in [0.15, 0.2) is 0 Å². The van der Waals surface area contributed by atoms with Gasteiger partial charge in [0.05, 0.1) is 6.07 Å². The second-order valence-electron chi connectivity index (χ2n) is 7.15. The van der Waals surface area contributed by atoms with E-state index in [1.54, 1.807) is 0 Å². The van der Waals surface area contributed by atoms with Gasteiger partial charge in [-0.1, -0.05) is 13.8 Å². The molecule has 1 atom stereocenters. The molecule has 1 aliphatic carbocycles. The van der Waals surface area contributed by atoms with Crippen molar-refractivity contribution in [1.82, 2.24) is 15.1 Å². The largest absolute Gasteiger partial charge is 0.301 e. The van der Waals surface area contributed by atoms with Crippen molar-refractivity contribution in [2.75, 3.05) is 39.3 Å². The highest BCUT2D eigenvalue weighted by molar-refractivity contribution is 5.07. The molecular formula is C16H30N4. The van der Waals surface area contributed by atoms with Crippen LogP contribution in [0.1, 0.15) is 40.0 Å². The molecule has 0 spiro atoms. The number of nitrogens with zero attached hydrogens (tertiary/aromatic N) is 3. The van der Waals surface area contributed by atoms with Gasteiger partial charge in [-0.2, -0.15) is 5.26 Å². The summed E-state index contributed by atoms with van der Waals surface area (Å²) >= 11 is 0. The molecule has 4 nitrogen and oxygen atoms in total. The number of hydrogen-bond donors (Lipinski definition) is 1. The van der Waals surface area contributed by atoms with Gasteiger partial charge >= 0.3 is 0 Å². The Morgan fingerprint density at radius 1 is 1.20 bits per heavy atom. The minimum absolute atomic E-state index is 0.337. The molecule has 1 saturated carbocycles. The third-order valence-electron chi connectivity index (χ3n) is 4.36. The van der Waals surface area contributed by atoms with E-state index in [0.29, 0.717) is 6.04 Å². The fraction of sp³-hybridized carbons (Fsp3) is 0.938. The van der Waals surface area contributed by atoms with Crippen molar-refractivity contribution in [1.29, 1.82) is 5.26 Å². The summed E-state index contributed by atoms with van der Waals surface area (Å²) in [5.74, 6) is 0.756. The fourth-order valence-corrected chi connectivity index (χ4v) is 2.93. The summed E-state index contributed by atoms with van der Waals surface area (Å²) in [6.07, 6.45) is 3.42. The van der Waals surface area contributed by atoms with Crippen molar-refractivity contribution < 1.29 is 0 Å². The summed E-state index contributed by atoms with van der Waals surface area (Å²) in [6, 6.07) is 3.08. The van der Waals surface area contributed by atoms with Crippen LogP contribution in [0.25, 0.3) is 0 Å². The lowest BCUT2D eigenvalue weighted by Gasteiger charge is -2.36. The topological polar surface area (TPSA) is 42.3 Å². The van der Waals surface area contributed by atoms with Crippen LogP contribution in [0.5, 0.6) is 0 Å². The van der Waals surface area contributed by atoms with Crippen molar-refractivity contribution in [2.24, 2.45) is 5.92 Å². The van der Waals surface area contributed by atoms with Crippen LogP contribution >= 0.6 is 0 Å². The van der Waals surface area contributed by atoms with Gasteiger partial charge in [0.25, 0.3) is 0 Å². The minimum Gasteiger partial charge on any atom is -0.301 e. The first-order chi connectivity index (χ1) is 9.50. The van der Waals surface area contributed by atoms with Gasteiger partial charge in [-0.05, 0) is 32.1 Å². The minimum atomic E-state index is -0.337. The maximum Gasteiger partial charge on any atom is 0.105 e. The summed E-state index contributed by atoms with van der Waals surface area (Å²) in [4.78, 5) is 5.08. The Hall–Kier alpha value is -0.630. The molecule has 0 aromatic heterocycles. The van der Waals surface area contributed by atoms with Gasteiger partial charge < -0.3 is 9.80 Å². The number of nitriles is 1. The lowest BCUT2D eigenvalue weighted by atomic mass is 9.99. The summed E-state index contributed by atoms with van der Waals surface area (Å²) < 4.78 is 0. The van der Waals surface area contributed by atoms with Gasteiger partial charge in [0.2, 0.25) is 0 Å². The van der Waals surface area contributed by atoms with Crippen molar-refractivity contribution >= 4 is 0 Å². The Morgan fingerprint density at radius 2 is 1.80 bits per heavy atom. The molecule has 1 unspecified atom stereocenters. The molecule has 20 heavy (non-hydrogen) atoms. The third-order valence-corrected chi connectivity index (χ3v) is 4.36. The Balaban J connectivity index is 1.68. The van der Waals surface area contributed by atoms with Gasteiger partial charge in [-0.25, -0.2) is 0 Å². The smallest absolute Gasteiger partial charge is 0.105 e. The quantitative estimate of drug-likeness (QED) is 0.769. The summed E-state index contributed by atoms with van der Waals surface area (Å²) in [6.45, 7) is 13.5. The monoisotopic (exact) mass is 278 g/mol. The normalized spacial score (nSPS) is 24.6. The van der Waals surface area contributed by atoms with Crippen LogP contribution in [0.4, 0.5) is 0 Å². The van der Waals surface area contributed by atoms with E-state index in [1.165, 1.54) is 32.5 Å². The molecule has 4 heteroatoms. The zero-order valence-corrected chi connectivity index (χ0v) is 13.4. The Morgan fingerprint density at radius 3 is 2.30 bits per heavy atom. The van der Waals surface area contributed by atoms with Crippen molar-refractivity contribution in [3.8, 4) is 6.07 Å². The number of piperazine rings is 1. The van der Waals surface area contributed by atoms with Gasteiger partial charge in [0, 0.05) is 45.3 Å². The van der Waals surface area contributed by atoms with Crippen molar-refractivity contribution in [3.63, 3.8) is 0 Å². The summed E-state index contributed by atoms with van der Waals surface area (Å²) in [5, 5.41) is 12.9. The van der Waals surface area contributed by atoms with Crippen LogP contribution in [0.2, 0.25) is 0 Å². The maximum absolute atomic E-state index is 9.39. The van der Waals surface area contributed by atoms with Gasteiger partial charge in [-0.3, -0.25) is 5.32 Å². The van der Waals surface area contributed by atoms with E-state index >= 15 is 0 Å². The molecule has 1 heterocycles. The third kappa shape index (κ3) is 5.05. The van der Waals surface area contributed by atoms with Gasteiger partial charge in [0.1, 0.15) is 5.54 Å². The fourth-order valence-electron chi connectivity index (χ4n) is 2.93. The lowest BCUT2D eigenvalue weighted by molar-refractivity contribution is 0.116. The number of rotatable bonds is 7. The molecule has 1 N–H and O–H groups in total. The number of hydrogen-bond acceptors (Lipinski definition) is 4. The molecular weight excluding hydrogens is 248 g/mol. The Kier molecular flexibility index (Phi) is 5.42. The van der Waals surface area contributed by atoms with E-state index in [0.717, 1.165) is 32.0 Å². The molecule has 0 amide bonds. The van der Waals surface area contributed by atoms with Crippen molar-refractivity contribution in [3.05, 3.63) is 0 Å². The van der Waals surface area contributed by atoms with Crippen LogP contribution in [0, 0.1) is 17.2 Å². The van der Waals surface area contributed by atoms with E-state index < -0.39 is 0 Å². The van der Waals surface area contributed by atoms with E-state index in [2.05, 4.69) is 42.0 Å². The molecule has 2 aliphatic rings. The predicted octanol–water partition coefficient (Wildman–Crippen LogP) is 1.68. The molecule has 2 rings (SSSR count). The first-order valence-corrected chi connectivity index (χ1v) is 8.14. The highest BCUT2D eigenvalue weighted by Crippen LogP contribution is 2.24. The maximum atomic E-state index is 9.39. The van der Waals surface area contributed by atoms with Crippen molar-refractivity contribution in [2.45, 2.75) is 51.6 Å². The van der Waals surface area contributed by atoms with Gasteiger partial charge in [0.15, 0.2) is 0 Å². The average molecular weight is 278 g/mol. The lowest BCUT2D eigenvalue weighted by Crippen LogP contribution is -2.50. The van der Waals surface area contributed by atoms with E-state index in [1.807, 2.05) is 0 Å². The van der Waals surface area contributed by atoms with Crippen LogP contribution in [0.3, 0.4) is 0 Å². The standard InChI is InChI=1S/C16H30N4/c1-14(2)12-20-10-8-19(9-11-20)7-6-16(3,13-17)18-15-4-5-15/h14-15,18H,4-12H2,1-3H3.